The van der Waals surface area contributed by atoms with Crippen molar-refractivity contribution in [2.24, 2.45) is 0 Å². The molecule has 0 unspecified atom stereocenters. The molecular weight excluding hydrogens is 254 g/mol. The van der Waals surface area contributed by atoms with Crippen molar-refractivity contribution in [1.82, 2.24) is 0 Å². The van der Waals surface area contributed by atoms with E-state index in [1.807, 2.05) is 0 Å². The van der Waals surface area contributed by atoms with Crippen molar-refractivity contribution >= 4 is 32.0 Å². The van der Waals surface area contributed by atoms with E-state index >= 15 is 0 Å². The van der Waals surface area contributed by atoms with Crippen molar-refractivity contribution in [3.8, 4) is 0 Å². The van der Waals surface area contributed by atoms with E-state index in [-0.39, 0.29) is 0 Å². The van der Waals surface area contributed by atoms with E-state index in [1.165, 1.54) is 47.5 Å². The van der Waals surface area contributed by atoms with Gasteiger partial charge in [0.15, 0.2) is 0 Å². The van der Waals surface area contributed by atoms with Crippen LogP contribution in [0, 0.1) is 0 Å². The zero-order chi connectivity index (χ0) is 7.40. The standard InChI is InChI=1S/C8H12Se2/c9-7-5-3-1-2-4-6-8(7)10/h1-6H2/b8-7-. The fraction of sp³-hybridized carbons (Fsp3) is 0.750. The van der Waals surface area contributed by atoms with E-state index in [2.05, 4.69) is 32.0 Å². The van der Waals surface area contributed by atoms with Gasteiger partial charge in [-0.1, -0.05) is 0 Å². The quantitative estimate of drug-likeness (QED) is 0.587. The van der Waals surface area contributed by atoms with Gasteiger partial charge in [-0.25, -0.2) is 0 Å². The molecule has 56 valence electrons. The van der Waals surface area contributed by atoms with Gasteiger partial charge in [0.25, 0.3) is 0 Å². The summed E-state index contributed by atoms with van der Waals surface area (Å²) < 4.78 is 2.94. The Morgan fingerprint density at radius 3 is 1.50 bits per heavy atom. The van der Waals surface area contributed by atoms with Crippen LogP contribution < -0.4 is 0 Å². The second-order valence-electron chi connectivity index (χ2n) is 2.76. The minimum absolute atomic E-state index is 1.27. The summed E-state index contributed by atoms with van der Waals surface area (Å²) in [6.45, 7) is 0. The maximum absolute atomic E-state index is 3.14. The van der Waals surface area contributed by atoms with E-state index in [0.717, 1.165) is 0 Å². The molecule has 0 aromatic rings. The molecule has 10 heavy (non-hydrogen) atoms. The molecule has 0 heterocycles. The van der Waals surface area contributed by atoms with E-state index in [4.69, 9.17) is 0 Å². The molecule has 0 spiro atoms. The maximum atomic E-state index is 3.14. The summed E-state index contributed by atoms with van der Waals surface area (Å²) in [5.41, 5.74) is 0. The molecular formula is C8H12Se2. The van der Waals surface area contributed by atoms with Gasteiger partial charge in [0.1, 0.15) is 0 Å². The zero-order valence-corrected chi connectivity index (χ0v) is 9.49. The molecule has 0 saturated carbocycles. The Bertz CT molecular complexity index is 122. The van der Waals surface area contributed by atoms with Gasteiger partial charge in [0.2, 0.25) is 0 Å². The Morgan fingerprint density at radius 2 is 1.10 bits per heavy atom. The zero-order valence-electron chi connectivity index (χ0n) is 6.06. The fourth-order valence-corrected chi connectivity index (χ4v) is 2.24. The SMILES string of the molecule is [Se]/C1=C(\[Se])CCCCCC1. The Kier molecular flexibility index (Phi) is 4.09. The molecule has 0 aromatic carbocycles. The van der Waals surface area contributed by atoms with Gasteiger partial charge in [-0.15, -0.1) is 0 Å². The summed E-state index contributed by atoms with van der Waals surface area (Å²) in [7, 11) is 0. The molecule has 0 amide bonds. The molecule has 0 nitrogen and oxygen atoms in total. The van der Waals surface area contributed by atoms with E-state index in [1.54, 1.807) is 0 Å². The van der Waals surface area contributed by atoms with E-state index < -0.39 is 0 Å². The van der Waals surface area contributed by atoms with Crippen molar-refractivity contribution in [2.75, 3.05) is 0 Å². The van der Waals surface area contributed by atoms with Crippen LogP contribution in [0.1, 0.15) is 38.5 Å². The van der Waals surface area contributed by atoms with Crippen molar-refractivity contribution in [2.45, 2.75) is 38.5 Å². The minimum atomic E-state index is 1.27. The third-order valence-corrected chi connectivity index (χ3v) is 4.41. The summed E-state index contributed by atoms with van der Waals surface area (Å²) >= 11 is 6.29. The molecule has 0 aliphatic heterocycles. The average molecular weight is 266 g/mol. The van der Waals surface area contributed by atoms with Gasteiger partial charge in [0.05, 0.1) is 0 Å². The summed E-state index contributed by atoms with van der Waals surface area (Å²) in [5.74, 6) is 0. The Labute approximate surface area is 79.5 Å². The summed E-state index contributed by atoms with van der Waals surface area (Å²) in [5, 5.41) is 0. The summed E-state index contributed by atoms with van der Waals surface area (Å²) in [6, 6.07) is 0. The molecule has 0 N–H and O–H groups in total. The van der Waals surface area contributed by atoms with Crippen LogP contribution in [0.2, 0.25) is 0 Å². The van der Waals surface area contributed by atoms with E-state index in [9.17, 15) is 0 Å². The molecule has 0 fully saturated rings. The third-order valence-electron chi connectivity index (χ3n) is 1.87. The molecule has 2 radical (unpaired) electrons. The van der Waals surface area contributed by atoms with Gasteiger partial charge in [-0.3, -0.25) is 0 Å². The summed E-state index contributed by atoms with van der Waals surface area (Å²) in [4.78, 5) is 0. The monoisotopic (exact) mass is 268 g/mol. The number of hydrogen-bond donors (Lipinski definition) is 0. The van der Waals surface area contributed by atoms with Crippen LogP contribution >= 0.6 is 0 Å². The van der Waals surface area contributed by atoms with Crippen LogP contribution in [0.15, 0.2) is 8.94 Å². The van der Waals surface area contributed by atoms with Gasteiger partial charge < -0.3 is 0 Å². The van der Waals surface area contributed by atoms with Crippen LogP contribution in [0.5, 0.6) is 0 Å². The Morgan fingerprint density at radius 1 is 0.700 bits per heavy atom. The molecule has 1 aliphatic rings. The second-order valence-corrected chi connectivity index (χ2v) is 4.83. The Hall–Kier alpha value is 0.779. The van der Waals surface area contributed by atoms with Crippen LogP contribution in [-0.4, -0.2) is 32.0 Å². The molecule has 1 aliphatic carbocycles. The normalized spacial score (nSPS) is 29.2. The first-order chi connectivity index (χ1) is 4.80. The first kappa shape index (κ1) is 8.87. The molecule has 2 heteroatoms. The first-order valence-electron chi connectivity index (χ1n) is 3.87. The second kappa shape index (κ2) is 4.62. The number of allylic oxidation sites excluding steroid dienone is 2. The van der Waals surface area contributed by atoms with Gasteiger partial charge in [-0.05, 0) is 0 Å². The van der Waals surface area contributed by atoms with Gasteiger partial charge in [0, 0.05) is 0 Å². The van der Waals surface area contributed by atoms with Crippen molar-refractivity contribution in [1.29, 1.82) is 0 Å². The average Bonchev–Trinajstić information content (AvgIpc) is 1.92. The topological polar surface area (TPSA) is 0 Å². The van der Waals surface area contributed by atoms with Crippen LogP contribution in [0.3, 0.4) is 0 Å². The van der Waals surface area contributed by atoms with Crippen LogP contribution in [0.25, 0.3) is 0 Å². The number of hydrogen-bond acceptors (Lipinski definition) is 0. The Balaban J connectivity index is 2.51. The first-order valence-corrected chi connectivity index (χ1v) is 5.58. The molecule has 0 atom stereocenters. The summed E-state index contributed by atoms with van der Waals surface area (Å²) in [6.07, 6.45) is 8.10. The molecule has 0 aromatic heterocycles. The van der Waals surface area contributed by atoms with Crippen LogP contribution in [0.4, 0.5) is 0 Å². The fourth-order valence-electron chi connectivity index (χ4n) is 1.20. The van der Waals surface area contributed by atoms with Crippen LogP contribution in [-0.2, 0) is 0 Å². The third kappa shape index (κ3) is 2.80. The van der Waals surface area contributed by atoms with Gasteiger partial charge in [-0.2, -0.15) is 0 Å². The van der Waals surface area contributed by atoms with Crippen molar-refractivity contribution in [3.63, 3.8) is 0 Å². The molecule has 0 bridgehead atoms. The van der Waals surface area contributed by atoms with Gasteiger partial charge >= 0.3 is 79.5 Å². The predicted molar refractivity (Wildman–Crippen MR) is 46.2 cm³/mol. The number of rotatable bonds is 0. The molecule has 1 rings (SSSR count). The molecule has 0 saturated heterocycles. The van der Waals surface area contributed by atoms with Crippen molar-refractivity contribution < 1.29 is 0 Å². The van der Waals surface area contributed by atoms with Crippen molar-refractivity contribution in [3.05, 3.63) is 8.94 Å². The van der Waals surface area contributed by atoms with E-state index in [0.29, 0.717) is 0 Å². The predicted octanol–water partition coefficient (Wildman–Crippen LogP) is 1.89.